The van der Waals surface area contributed by atoms with Gasteiger partial charge in [-0.3, -0.25) is 4.79 Å². The predicted octanol–water partition coefficient (Wildman–Crippen LogP) is 0.223. The van der Waals surface area contributed by atoms with E-state index in [4.69, 9.17) is 19.5 Å². The van der Waals surface area contributed by atoms with Gasteiger partial charge in [-0.15, -0.1) is 0 Å². The lowest BCUT2D eigenvalue weighted by atomic mass is 10.1. The number of carbonyl (C=O) groups excluding carboxylic acids is 1. The number of aliphatic hydroxyl groups is 1. The van der Waals surface area contributed by atoms with Crippen LogP contribution in [0.1, 0.15) is 13.3 Å². The van der Waals surface area contributed by atoms with E-state index < -0.39 is 26.8 Å². The van der Waals surface area contributed by atoms with Crippen molar-refractivity contribution in [3.8, 4) is 0 Å². The summed E-state index contributed by atoms with van der Waals surface area (Å²) < 4.78 is 15.2. The van der Waals surface area contributed by atoms with Crippen LogP contribution in [0.15, 0.2) is 23.9 Å². The van der Waals surface area contributed by atoms with Crippen LogP contribution in [0, 0.1) is 0 Å². The lowest BCUT2D eigenvalue weighted by Crippen LogP contribution is -2.39. The quantitative estimate of drug-likeness (QED) is 0.490. The number of aliphatic hydroxyl groups excluding tert-OH is 1. The van der Waals surface area contributed by atoms with E-state index in [0.717, 1.165) is 0 Å². The van der Waals surface area contributed by atoms with Crippen molar-refractivity contribution in [2.45, 2.75) is 25.7 Å². The Morgan fingerprint density at radius 2 is 2.27 bits per heavy atom. The van der Waals surface area contributed by atoms with Crippen molar-refractivity contribution in [1.82, 2.24) is 4.90 Å². The number of rotatable bonds is 10. The Balaban J connectivity index is 2.45. The lowest BCUT2D eigenvalue weighted by molar-refractivity contribution is -0.115. The molecule has 0 saturated heterocycles. The number of hydrogen-bond donors (Lipinski definition) is 3. The monoisotopic (exact) mass is 334 g/mol. The Kier molecular flexibility index (Phi) is 8.55. The maximum absolute atomic E-state index is 11.2. The average Bonchev–Trinajstić information content (AvgIpc) is 2.51. The molecule has 0 saturated carbocycles. The number of hydrogen-bond acceptors (Lipinski definition) is 7. The van der Waals surface area contributed by atoms with Crippen molar-refractivity contribution < 1.29 is 28.6 Å². The van der Waals surface area contributed by atoms with Crippen LogP contribution in [0.5, 0.6) is 0 Å². The Morgan fingerprint density at radius 3 is 2.86 bits per heavy atom. The summed E-state index contributed by atoms with van der Waals surface area (Å²) in [5, 5.41) is 10.2. The minimum atomic E-state index is -1.93. The van der Waals surface area contributed by atoms with Gasteiger partial charge in [0.1, 0.15) is 6.23 Å². The number of nitrogens with zero attached hydrogens (tertiary/aromatic N) is 1. The highest BCUT2D eigenvalue weighted by atomic mass is 31.2. The van der Waals surface area contributed by atoms with E-state index in [1.54, 1.807) is 30.2 Å². The molecule has 3 atom stereocenters. The van der Waals surface area contributed by atoms with E-state index in [-0.39, 0.29) is 19.6 Å². The van der Waals surface area contributed by atoms with E-state index in [1.807, 2.05) is 0 Å². The van der Waals surface area contributed by atoms with Gasteiger partial charge in [0.2, 0.25) is 5.91 Å². The summed E-state index contributed by atoms with van der Waals surface area (Å²) >= 11 is 0. The second-order valence-corrected chi connectivity index (χ2v) is 5.59. The van der Waals surface area contributed by atoms with Gasteiger partial charge in [0.25, 0.3) is 0 Å². The zero-order chi connectivity index (χ0) is 16.5. The summed E-state index contributed by atoms with van der Waals surface area (Å²) in [7, 11) is -0.446. The second-order valence-electron chi connectivity index (χ2n) is 4.60. The number of ether oxygens (including phenoxy) is 1. The van der Waals surface area contributed by atoms with Crippen LogP contribution in [0.4, 0.5) is 0 Å². The molecule has 22 heavy (non-hydrogen) atoms. The van der Waals surface area contributed by atoms with Crippen molar-refractivity contribution in [2.24, 2.45) is 5.73 Å². The van der Waals surface area contributed by atoms with Crippen LogP contribution in [0.3, 0.4) is 0 Å². The van der Waals surface area contributed by atoms with Crippen LogP contribution in [0.25, 0.3) is 0 Å². The molecular formula is C13H23N2O6P. The molecule has 1 rings (SSSR count). The van der Waals surface area contributed by atoms with Crippen molar-refractivity contribution in [2.75, 3.05) is 26.9 Å². The number of amides is 1. The molecule has 4 N–H and O–H groups in total. The smallest absolute Gasteiger partial charge is 0.329 e. The lowest BCUT2D eigenvalue weighted by Gasteiger charge is -2.30. The third kappa shape index (κ3) is 6.39. The zero-order valence-corrected chi connectivity index (χ0v) is 13.6. The van der Waals surface area contributed by atoms with Crippen LogP contribution in [0.2, 0.25) is 0 Å². The Morgan fingerprint density at radius 1 is 1.55 bits per heavy atom. The first-order chi connectivity index (χ1) is 10.5. The molecule has 3 unspecified atom stereocenters. The number of primary amides is 1. The van der Waals surface area contributed by atoms with Gasteiger partial charge >= 0.3 is 8.60 Å². The van der Waals surface area contributed by atoms with Crippen molar-refractivity contribution in [1.29, 1.82) is 0 Å². The molecule has 1 heterocycles. The molecule has 1 amide bonds. The molecule has 0 radical (unpaired) electrons. The standard InChI is InChI=1S/C13H23N2O6P/c1-3-20-22(18)21-9-11(19-2)7-12(16)15-6-4-5-10(8-15)13(14)17/h4-6,11-12,16,18H,3,7-9H2,1-2H3,(H2,14,17). The Bertz CT molecular complexity index is 417. The van der Waals surface area contributed by atoms with Gasteiger partial charge in [0.05, 0.1) is 25.9 Å². The molecule has 0 fully saturated rings. The number of methoxy groups -OCH3 is 1. The van der Waals surface area contributed by atoms with Crippen LogP contribution < -0.4 is 5.73 Å². The minimum absolute atomic E-state index is 0.0891. The third-order valence-electron chi connectivity index (χ3n) is 3.04. The fourth-order valence-electron chi connectivity index (χ4n) is 1.83. The van der Waals surface area contributed by atoms with Gasteiger partial charge in [-0.1, -0.05) is 6.08 Å². The van der Waals surface area contributed by atoms with Gasteiger partial charge < -0.3 is 34.4 Å². The SMILES string of the molecule is CCOP(O)OCC(CC(O)N1C=CC=C(C(N)=O)C1)OC. The molecule has 8 nitrogen and oxygen atoms in total. The van der Waals surface area contributed by atoms with Gasteiger partial charge in [-0.2, -0.15) is 0 Å². The Labute approximate surface area is 131 Å². The molecule has 0 aromatic heterocycles. The zero-order valence-electron chi connectivity index (χ0n) is 12.7. The summed E-state index contributed by atoms with van der Waals surface area (Å²) in [6.45, 7) is 2.42. The van der Waals surface area contributed by atoms with Gasteiger partial charge in [0.15, 0.2) is 0 Å². The summed E-state index contributed by atoms with van der Waals surface area (Å²) in [5.74, 6) is -0.518. The van der Waals surface area contributed by atoms with Gasteiger partial charge in [-0.05, 0) is 13.0 Å². The minimum Gasteiger partial charge on any atom is -0.379 e. The first kappa shape index (κ1) is 19.0. The summed E-state index contributed by atoms with van der Waals surface area (Å²) in [4.78, 5) is 22.1. The van der Waals surface area contributed by atoms with E-state index in [2.05, 4.69) is 0 Å². The van der Waals surface area contributed by atoms with E-state index in [9.17, 15) is 14.8 Å². The Hall–Kier alpha value is -1.02. The normalized spacial score (nSPS) is 18.7. The van der Waals surface area contributed by atoms with E-state index >= 15 is 0 Å². The van der Waals surface area contributed by atoms with Crippen LogP contribution in [-0.4, -0.2) is 60.0 Å². The topological polar surface area (TPSA) is 114 Å². The van der Waals surface area contributed by atoms with E-state index in [1.165, 1.54) is 7.11 Å². The summed E-state index contributed by atoms with van der Waals surface area (Å²) in [6.07, 6.45) is 3.87. The molecule has 0 bridgehead atoms. The maximum atomic E-state index is 11.2. The first-order valence-corrected chi connectivity index (χ1v) is 7.99. The van der Waals surface area contributed by atoms with Gasteiger partial charge in [-0.25, -0.2) is 0 Å². The molecule has 126 valence electrons. The summed E-state index contributed by atoms with van der Waals surface area (Å²) in [6, 6.07) is 0. The molecule has 1 aliphatic rings. The highest BCUT2D eigenvalue weighted by Crippen LogP contribution is 2.32. The summed E-state index contributed by atoms with van der Waals surface area (Å²) in [5.41, 5.74) is 5.65. The average molecular weight is 334 g/mol. The second kappa shape index (κ2) is 9.89. The highest BCUT2D eigenvalue weighted by Gasteiger charge is 2.23. The molecule has 0 aromatic rings. The fraction of sp³-hybridized carbons (Fsp3) is 0.615. The van der Waals surface area contributed by atoms with Crippen molar-refractivity contribution in [3.05, 3.63) is 23.9 Å². The first-order valence-electron chi connectivity index (χ1n) is 6.86. The third-order valence-corrected chi connectivity index (χ3v) is 3.89. The number of allylic oxidation sites excluding steroid dienone is 2. The number of carbonyl (C=O) groups is 1. The highest BCUT2D eigenvalue weighted by molar-refractivity contribution is 7.40. The molecule has 9 heteroatoms. The molecular weight excluding hydrogens is 311 g/mol. The fourth-order valence-corrected chi connectivity index (χ4v) is 2.42. The maximum Gasteiger partial charge on any atom is 0.329 e. The molecule has 0 aromatic carbocycles. The largest absolute Gasteiger partial charge is 0.379 e. The molecule has 1 aliphatic heterocycles. The van der Waals surface area contributed by atoms with E-state index in [0.29, 0.717) is 12.2 Å². The van der Waals surface area contributed by atoms with Crippen molar-refractivity contribution in [3.63, 3.8) is 0 Å². The number of nitrogens with two attached hydrogens (primary N) is 1. The van der Waals surface area contributed by atoms with Crippen molar-refractivity contribution >= 4 is 14.5 Å². The van der Waals surface area contributed by atoms with Crippen LogP contribution in [-0.2, 0) is 18.6 Å². The molecule has 0 spiro atoms. The van der Waals surface area contributed by atoms with Crippen LogP contribution >= 0.6 is 8.60 Å². The predicted molar refractivity (Wildman–Crippen MR) is 81.3 cm³/mol. The molecule has 0 aliphatic carbocycles. The van der Waals surface area contributed by atoms with Gasteiger partial charge in [0, 0.05) is 25.3 Å².